The SMILES string of the molecule is Cc1ccc(N2C(=O)c3ccccc3C2=O)cc1NC(=O)c1cccs1. The van der Waals surface area contributed by atoms with E-state index in [1.54, 1.807) is 48.5 Å². The highest BCUT2D eigenvalue weighted by molar-refractivity contribution is 7.12. The Morgan fingerprint density at radius 1 is 0.962 bits per heavy atom. The van der Waals surface area contributed by atoms with Crippen LogP contribution in [0.25, 0.3) is 0 Å². The second kappa shape index (κ2) is 6.24. The van der Waals surface area contributed by atoms with Gasteiger partial charge < -0.3 is 5.32 Å². The average Bonchev–Trinajstić information content (AvgIpc) is 3.26. The fourth-order valence-corrected chi connectivity index (χ4v) is 3.52. The summed E-state index contributed by atoms with van der Waals surface area (Å²) in [5.74, 6) is -0.933. The fourth-order valence-electron chi connectivity index (χ4n) is 2.90. The monoisotopic (exact) mass is 362 g/mol. The molecule has 2 heterocycles. The molecule has 1 aromatic heterocycles. The zero-order valence-electron chi connectivity index (χ0n) is 13.9. The highest BCUT2D eigenvalue weighted by atomic mass is 32.1. The second-order valence-corrected chi connectivity index (χ2v) is 6.87. The van der Waals surface area contributed by atoms with Crippen LogP contribution in [0, 0.1) is 6.92 Å². The van der Waals surface area contributed by atoms with E-state index in [-0.39, 0.29) is 17.7 Å². The topological polar surface area (TPSA) is 66.5 Å². The lowest BCUT2D eigenvalue weighted by Gasteiger charge is -2.16. The number of nitrogens with zero attached hydrogens (tertiary/aromatic N) is 1. The van der Waals surface area contributed by atoms with E-state index < -0.39 is 0 Å². The molecule has 3 amide bonds. The van der Waals surface area contributed by atoms with Crippen LogP contribution in [0.4, 0.5) is 11.4 Å². The number of hydrogen-bond donors (Lipinski definition) is 1. The van der Waals surface area contributed by atoms with Crippen molar-refractivity contribution >= 4 is 40.4 Å². The number of aryl methyl sites for hydroxylation is 1. The summed E-state index contributed by atoms with van der Waals surface area (Å²) in [6.07, 6.45) is 0. The molecule has 0 radical (unpaired) electrons. The number of fused-ring (bicyclic) bond motifs is 1. The summed E-state index contributed by atoms with van der Waals surface area (Å²) in [6, 6.07) is 15.4. The number of carbonyl (C=O) groups excluding carboxylic acids is 3. The van der Waals surface area contributed by atoms with Gasteiger partial charge in [0.15, 0.2) is 0 Å². The van der Waals surface area contributed by atoms with E-state index in [9.17, 15) is 14.4 Å². The lowest BCUT2D eigenvalue weighted by molar-refractivity contribution is 0.0925. The van der Waals surface area contributed by atoms with E-state index in [0.29, 0.717) is 27.4 Å². The summed E-state index contributed by atoms with van der Waals surface area (Å²) in [5, 5.41) is 4.68. The van der Waals surface area contributed by atoms with Crippen molar-refractivity contribution in [2.24, 2.45) is 0 Å². The van der Waals surface area contributed by atoms with E-state index in [2.05, 4.69) is 5.32 Å². The maximum atomic E-state index is 12.6. The molecule has 4 rings (SSSR count). The van der Waals surface area contributed by atoms with Gasteiger partial charge in [-0.25, -0.2) is 4.90 Å². The van der Waals surface area contributed by atoms with Crippen LogP contribution in [-0.4, -0.2) is 17.7 Å². The van der Waals surface area contributed by atoms with Crippen LogP contribution in [0.1, 0.15) is 36.0 Å². The van der Waals surface area contributed by atoms with Gasteiger partial charge in [0.05, 0.1) is 21.7 Å². The molecule has 6 heteroatoms. The van der Waals surface area contributed by atoms with Gasteiger partial charge in [-0.2, -0.15) is 0 Å². The minimum atomic E-state index is -0.356. The number of benzene rings is 2. The van der Waals surface area contributed by atoms with Crippen molar-refractivity contribution in [2.75, 3.05) is 10.2 Å². The molecule has 0 bridgehead atoms. The summed E-state index contributed by atoms with van der Waals surface area (Å²) in [6.45, 7) is 1.86. The molecule has 0 saturated carbocycles. The summed E-state index contributed by atoms with van der Waals surface area (Å²) >= 11 is 1.35. The molecule has 0 aliphatic carbocycles. The van der Waals surface area contributed by atoms with Crippen LogP contribution in [0.15, 0.2) is 60.0 Å². The van der Waals surface area contributed by atoms with Gasteiger partial charge in [-0.15, -0.1) is 11.3 Å². The van der Waals surface area contributed by atoms with Crippen LogP contribution in [-0.2, 0) is 0 Å². The highest BCUT2D eigenvalue weighted by Gasteiger charge is 2.36. The largest absolute Gasteiger partial charge is 0.321 e. The van der Waals surface area contributed by atoms with Gasteiger partial charge >= 0.3 is 0 Å². The number of nitrogens with one attached hydrogen (secondary N) is 1. The standard InChI is InChI=1S/C20H14N2O3S/c1-12-8-9-13(11-16(12)21-18(23)17-7-4-10-26-17)22-19(24)14-5-2-3-6-15(14)20(22)25/h2-11H,1H3,(H,21,23). The van der Waals surface area contributed by atoms with Crippen molar-refractivity contribution in [2.45, 2.75) is 6.92 Å². The third kappa shape index (κ3) is 2.60. The van der Waals surface area contributed by atoms with E-state index in [0.717, 1.165) is 10.5 Å². The van der Waals surface area contributed by atoms with Crippen molar-refractivity contribution in [3.63, 3.8) is 0 Å². The smallest absolute Gasteiger partial charge is 0.266 e. The predicted molar refractivity (Wildman–Crippen MR) is 101 cm³/mol. The maximum Gasteiger partial charge on any atom is 0.266 e. The first kappa shape index (κ1) is 16.2. The number of amides is 3. The lowest BCUT2D eigenvalue weighted by Crippen LogP contribution is -2.29. The fraction of sp³-hybridized carbons (Fsp3) is 0.0500. The third-order valence-corrected chi connectivity index (χ3v) is 5.14. The summed E-state index contributed by atoms with van der Waals surface area (Å²) < 4.78 is 0. The zero-order valence-corrected chi connectivity index (χ0v) is 14.7. The third-order valence-electron chi connectivity index (χ3n) is 4.27. The van der Waals surface area contributed by atoms with Crippen LogP contribution < -0.4 is 10.2 Å². The molecule has 2 aromatic carbocycles. The molecular weight excluding hydrogens is 348 g/mol. The Kier molecular flexibility index (Phi) is 3.89. The van der Waals surface area contributed by atoms with Crippen molar-refractivity contribution in [3.05, 3.63) is 81.5 Å². The summed E-state index contributed by atoms with van der Waals surface area (Å²) in [7, 11) is 0. The Bertz CT molecular complexity index is 1010. The molecule has 0 fully saturated rings. The minimum absolute atomic E-state index is 0.220. The minimum Gasteiger partial charge on any atom is -0.321 e. The quantitative estimate of drug-likeness (QED) is 0.713. The molecule has 3 aromatic rings. The summed E-state index contributed by atoms with van der Waals surface area (Å²) in [4.78, 5) is 39.3. The Labute approximate surface area is 153 Å². The molecule has 128 valence electrons. The van der Waals surface area contributed by atoms with E-state index >= 15 is 0 Å². The Morgan fingerprint density at radius 3 is 2.27 bits per heavy atom. The Hall–Kier alpha value is -3.25. The molecule has 5 nitrogen and oxygen atoms in total. The van der Waals surface area contributed by atoms with Gasteiger partial charge in [0.2, 0.25) is 0 Å². The molecular formula is C20H14N2O3S. The molecule has 1 N–H and O–H groups in total. The number of carbonyl (C=O) groups is 3. The van der Waals surface area contributed by atoms with Gasteiger partial charge in [0.1, 0.15) is 0 Å². The second-order valence-electron chi connectivity index (χ2n) is 5.92. The molecule has 26 heavy (non-hydrogen) atoms. The van der Waals surface area contributed by atoms with Gasteiger partial charge in [-0.3, -0.25) is 14.4 Å². The predicted octanol–water partition coefficient (Wildman–Crippen LogP) is 4.11. The Balaban J connectivity index is 1.68. The molecule has 0 saturated heterocycles. The number of imide groups is 1. The first-order chi connectivity index (χ1) is 12.6. The van der Waals surface area contributed by atoms with Crippen molar-refractivity contribution in [3.8, 4) is 0 Å². The zero-order chi connectivity index (χ0) is 18.3. The van der Waals surface area contributed by atoms with Gasteiger partial charge in [-0.05, 0) is 48.2 Å². The highest BCUT2D eigenvalue weighted by Crippen LogP contribution is 2.31. The first-order valence-electron chi connectivity index (χ1n) is 7.99. The number of rotatable bonds is 3. The lowest BCUT2D eigenvalue weighted by atomic mass is 10.1. The van der Waals surface area contributed by atoms with Gasteiger partial charge in [-0.1, -0.05) is 24.3 Å². The van der Waals surface area contributed by atoms with Crippen molar-refractivity contribution in [1.29, 1.82) is 0 Å². The maximum absolute atomic E-state index is 12.6. The molecule has 0 atom stereocenters. The van der Waals surface area contributed by atoms with Crippen LogP contribution in [0.5, 0.6) is 0 Å². The average molecular weight is 362 g/mol. The van der Waals surface area contributed by atoms with E-state index in [1.165, 1.54) is 11.3 Å². The molecule has 0 unspecified atom stereocenters. The Morgan fingerprint density at radius 2 is 1.65 bits per heavy atom. The molecule has 1 aliphatic heterocycles. The molecule has 0 spiro atoms. The van der Waals surface area contributed by atoms with Crippen LogP contribution in [0.3, 0.4) is 0 Å². The van der Waals surface area contributed by atoms with Crippen LogP contribution >= 0.6 is 11.3 Å². The number of thiophene rings is 1. The normalized spacial score (nSPS) is 13.0. The van der Waals surface area contributed by atoms with Crippen LogP contribution in [0.2, 0.25) is 0 Å². The molecule has 1 aliphatic rings. The first-order valence-corrected chi connectivity index (χ1v) is 8.87. The number of hydrogen-bond acceptors (Lipinski definition) is 4. The summed E-state index contributed by atoms with van der Waals surface area (Å²) in [5.41, 5.74) is 2.63. The van der Waals surface area contributed by atoms with E-state index in [4.69, 9.17) is 0 Å². The van der Waals surface area contributed by atoms with Gasteiger partial charge in [0, 0.05) is 5.69 Å². The van der Waals surface area contributed by atoms with Gasteiger partial charge in [0.25, 0.3) is 17.7 Å². The van der Waals surface area contributed by atoms with Crippen molar-refractivity contribution < 1.29 is 14.4 Å². The van der Waals surface area contributed by atoms with Crippen molar-refractivity contribution in [1.82, 2.24) is 0 Å². The van der Waals surface area contributed by atoms with E-state index in [1.807, 2.05) is 18.4 Å². The number of anilines is 2.